The molecule has 1 nitrogen and oxygen atoms in total. The highest BCUT2D eigenvalue weighted by molar-refractivity contribution is 5.29. The number of hydrogen-bond donors (Lipinski definition) is 1. The first-order valence-electron chi connectivity index (χ1n) is 6.73. The molecule has 0 bridgehead atoms. The summed E-state index contributed by atoms with van der Waals surface area (Å²) in [5.41, 5.74) is 0.613. The molecule has 0 heterocycles. The van der Waals surface area contributed by atoms with Gasteiger partial charge in [0.25, 0.3) is 0 Å². The van der Waals surface area contributed by atoms with Crippen LogP contribution in [0.25, 0.3) is 0 Å². The number of unbranched alkanes of at least 4 members (excludes halogenated alkanes) is 1. The molecule has 0 amide bonds. The first-order chi connectivity index (χ1) is 9.11. The summed E-state index contributed by atoms with van der Waals surface area (Å²) in [5.74, 6) is 1.62. The lowest BCUT2D eigenvalue weighted by atomic mass is 9.97. The highest BCUT2D eigenvalue weighted by Gasteiger charge is 2.20. The summed E-state index contributed by atoms with van der Waals surface area (Å²) in [6, 6.07) is 2.48. The van der Waals surface area contributed by atoms with Crippen LogP contribution in [0.3, 0.4) is 0 Å². The number of aryl methyl sites for hydroxylation is 1. The van der Waals surface area contributed by atoms with Gasteiger partial charge in [-0.15, -0.1) is 12.3 Å². The predicted octanol–water partition coefficient (Wildman–Crippen LogP) is 4.12. The lowest BCUT2D eigenvalue weighted by molar-refractivity contribution is 0.437. The van der Waals surface area contributed by atoms with Crippen LogP contribution < -0.4 is 5.32 Å². The second-order valence-corrected chi connectivity index (χ2v) is 4.70. The molecular weight excluding hydrogens is 244 g/mol. The summed E-state index contributed by atoms with van der Waals surface area (Å²) in [4.78, 5) is 0. The Balaban J connectivity index is 2.96. The van der Waals surface area contributed by atoms with Crippen molar-refractivity contribution in [1.82, 2.24) is 5.32 Å². The number of nitrogens with one attached hydrogen (secondary N) is 1. The molecule has 0 aliphatic carbocycles. The minimum absolute atomic E-state index is 0.144. The normalized spacial score (nSPS) is 12.2. The van der Waals surface area contributed by atoms with E-state index in [1.807, 2.05) is 6.92 Å². The molecule has 3 heteroatoms. The van der Waals surface area contributed by atoms with Crippen molar-refractivity contribution in [1.29, 1.82) is 0 Å². The fraction of sp³-hybridized carbons (Fsp3) is 0.500. The fourth-order valence-electron chi connectivity index (χ4n) is 2.07. The molecule has 19 heavy (non-hydrogen) atoms. The molecule has 0 spiro atoms. The summed E-state index contributed by atoms with van der Waals surface area (Å²) in [7, 11) is 0. The second kappa shape index (κ2) is 7.91. The highest BCUT2D eigenvalue weighted by Crippen LogP contribution is 2.27. The Labute approximate surface area is 114 Å². The van der Waals surface area contributed by atoms with E-state index in [1.165, 1.54) is 12.1 Å². The molecule has 1 unspecified atom stereocenters. The Bertz CT molecular complexity index is 449. The third-order valence-corrected chi connectivity index (χ3v) is 3.12. The fourth-order valence-corrected chi connectivity index (χ4v) is 2.07. The van der Waals surface area contributed by atoms with Crippen molar-refractivity contribution in [2.45, 2.75) is 45.6 Å². The quantitative estimate of drug-likeness (QED) is 0.577. The SMILES string of the molecule is C#CCCCC(NCCC)c1c(F)ccc(C)c1F. The molecular formula is C16H21F2N. The zero-order valence-corrected chi connectivity index (χ0v) is 11.6. The smallest absolute Gasteiger partial charge is 0.133 e. The van der Waals surface area contributed by atoms with E-state index in [1.54, 1.807) is 6.92 Å². The molecule has 1 atom stereocenters. The Morgan fingerprint density at radius 3 is 2.74 bits per heavy atom. The Hall–Kier alpha value is -1.40. The number of halogens is 2. The van der Waals surface area contributed by atoms with E-state index in [0.29, 0.717) is 18.4 Å². The van der Waals surface area contributed by atoms with Gasteiger partial charge in [0.05, 0.1) is 0 Å². The number of terminal acetylenes is 1. The standard InChI is InChI=1S/C16H21F2N/c1-4-6-7-8-14(19-11-5-2)15-13(17)10-9-12(3)16(15)18/h1,9-10,14,19H,5-8,11H2,2-3H3. The van der Waals surface area contributed by atoms with Crippen molar-refractivity contribution in [3.8, 4) is 12.3 Å². The van der Waals surface area contributed by atoms with Gasteiger partial charge in [0.1, 0.15) is 11.6 Å². The Morgan fingerprint density at radius 1 is 1.37 bits per heavy atom. The first-order valence-corrected chi connectivity index (χ1v) is 6.73. The van der Waals surface area contributed by atoms with Crippen LogP contribution in [0.2, 0.25) is 0 Å². The Kier molecular flexibility index (Phi) is 6.52. The molecule has 0 aliphatic heterocycles. The van der Waals surface area contributed by atoms with Crippen LogP contribution in [0.4, 0.5) is 8.78 Å². The zero-order chi connectivity index (χ0) is 14.3. The van der Waals surface area contributed by atoms with Crippen LogP contribution in [0.5, 0.6) is 0 Å². The lowest BCUT2D eigenvalue weighted by Crippen LogP contribution is -2.24. The van der Waals surface area contributed by atoms with Gasteiger partial charge in [0, 0.05) is 18.0 Å². The van der Waals surface area contributed by atoms with Gasteiger partial charge in [0.15, 0.2) is 0 Å². The van der Waals surface area contributed by atoms with Crippen molar-refractivity contribution in [3.63, 3.8) is 0 Å². The van der Waals surface area contributed by atoms with Crippen molar-refractivity contribution in [2.24, 2.45) is 0 Å². The van der Waals surface area contributed by atoms with Crippen LogP contribution in [0.1, 0.15) is 49.8 Å². The van der Waals surface area contributed by atoms with Gasteiger partial charge in [-0.1, -0.05) is 13.0 Å². The molecule has 0 saturated carbocycles. The number of rotatable bonds is 7. The molecule has 0 aromatic heterocycles. The van der Waals surface area contributed by atoms with Crippen molar-refractivity contribution in [3.05, 3.63) is 34.9 Å². The summed E-state index contributed by atoms with van der Waals surface area (Å²) < 4.78 is 28.0. The van der Waals surface area contributed by atoms with Crippen molar-refractivity contribution < 1.29 is 8.78 Å². The van der Waals surface area contributed by atoms with Gasteiger partial charge in [-0.3, -0.25) is 0 Å². The van der Waals surface area contributed by atoms with Gasteiger partial charge >= 0.3 is 0 Å². The van der Waals surface area contributed by atoms with Gasteiger partial charge in [-0.25, -0.2) is 8.78 Å². The van der Waals surface area contributed by atoms with Gasteiger partial charge in [-0.05, 0) is 44.4 Å². The minimum atomic E-state index is -0.489. The molecule has 1 aromatic rings. The van der Waals surface area contributed by atoms with Crippen LogP contribution in [-0.2, 0) is 0 Å². The summed E-state index contributed by atoms with van der Waals surface area (Å²) >= 11 is 0. The van der Waals surface area contributed by atoms with E-state index in [0.717, 1.165) is 19.4 Å². The minimum Gasteiger partial charge on any atom is -0.310 e. The topological polar surface area (TPSA) is 12.0 Å². The monoisotopic (exact) mass is 265 g/mol. The van der Waals surface area contributed by atoms with Gasteiger partial charge in [-0.2, -0.15) is 0 Å². The maximum atomic E-state index is 14.1. The number of benzene rings is 1. The van der Waals surface area contributed by atoms with E-state index in [2.05, 4.69) is 11.2 Å². The summed E-state index contributed by atoms with van der Waals surface area (Å²) in [5, 5.41) is 3.20. The maximum absolute atomic E-state index is 14.1. The lowest BCUT2D eigenvalue weighted by Gasteiger charge is -2.20. The second-order valence-electron chi connectivity index (χ2n) is 4.70. The van der Waals surface area contributed by atoms with Gasteiger partial charge in [0.2, 0.25) is 0 Å². The van der Waals surface area contributed by atoms with E-state index >= 15 is 0 Å². The molecule has 0 aliphatic rings. The molecule has 104 valence electrons. The zero-order valence-electron chi connectivity index (χ0n) is 11.6. The molecule has 0 radical (unpaired) electrons. The van der Waals surface area contributed by atoms with Crippen LogP contribution >= 0.6 is 0 Å². The van der Waals surface area contributed by atoms with E-state index in [4.69, 9.17) is 6.42 Å². The van der Waals surface area contributed by atoms with Crippen molar-refractivity contribution >= 4 is 0 Å². The van der Waals surface area contributed by atoms with Crippen LogP contribution in [0, 0.1) is 30.9 Å². The summed E-state index contributed by atoms with van der Waals surface area (Å²) in [6.45, 7) is 4.40. The molecule has 1 N–H and O–H groups in total. The van der Waals surface area contributed by atoms with Crippen LogP contribution in [-0.4, -0.2) is 6.54 Å². The average molecular weight is 265 g/mol. The molecule has 1 aromatic carbocycles. The Morgan fingerprint density at radius 2 is 2.11 bits per heavy atom. The first kappa shape index (κ1) is 15.7. The third kappa shape index (κ3) is 4.33. The van der Waals surface area contributed by atoms with E-state index in [-0.39, 0.29) is 11.6 Å². The highest BCUT2D eigenvalue weighted by atomic mass is 19.1. The number of hydrogen-bond acceptors (Lipinski definition) is 1. The van der Waals surface area contributed by atoms with Crippen molar-refractivity contribution in [2.75, 3.05) is 6.54 Å². The van der Waals surface area contributed by atoms with Crippen LogP contribution in [0.15, 0.2) is 12.1 Å². The third-order valence-electron chi connectivity index (χ3n) is 3.12. The molecule has 1 rings (SSSR count). The molecule has 0 fully saturated rings. The average Bonchev–Trinajstić information content (AvgIpc) is 2.40. The van der Waals surface area contributed by atoms with E-state index < -0.39 is 11.6 Å². The largest absolute Gasteiger partial charge is 0.310 e. The maximum Gasteiger partial charge on any atom is 0.133 e. The summed E-state index contributed by atoms with van der Waals surface area (Å²) in [6.07, 6.45) is 8.16. The molecule has 0 saturated heterocycles. The van der Waals surface area contributed by atoms with E-state index in [9.17, 15) is 8.78 Å². The van der Waals surface area contributed by atoms with Gasteiger partial charge < -0.3 is 5.32 Å². The predicted molar refractivity (Wildman–Crippen MR) is 74.8 cm³/mol.